The average molecular weight is 337 g/mol. The van der Waals surface area contributed by atoms with Gasteiger partial charge in [-0.2, -0.15) is 0 Å². The van der Waals surface area contributed by atoms with Crippen LogP contribution in [0, 0.1) is 0 Å². The van der Waals surface area contributed by atoms with Gasteiger partial charge in [0.1, 0.15) is 0 Å². The van der Waals surface area contributed by atoms with E-state index in [0.717, 1.165) is 19.5 Å². The Hall–Kier alpha value is -1.74. The Balaban J connectivity index is 1.38. The van der Waals surface area contributed by atoms with E-state index in [1.54, 1.807) is 0 Å². The molecule has 4 rings (SSSR count). The molecule has 124 valence electrons. The second-order valence-corrected chi connectivity index (χ2v) is 7.92. The van der Waals surface area contributed by atoms with Crippen LogP contribution in [0.25, 0.3) is 0 Å². The first-order chi connectivity index (χ1) is 11.8. The van der Waals surface area contributed by atoms with Crippen LogP contribution in [0.3, 0.4) is 0 Å². The minimum atomic E-state index is 0.289. The van der Waals surface area contributed by atoms with Crippen LogP contribution in [0.5, 0.6) is 0 Å². The van der Waals surface area contributed by atoms with Crippen molar-refractivity contribution in [2.24, 2.45) is 0 Å². The summed E-state index contributed by atoms with van der Waals surface area (Å²) in [6, 6.07) is 17.2. The van der Waals surface area contributed by atoms with Crippen LogP contribution in [0.2, 0.25) is 0 Å². The minimum Gasteiger partial charge on any atom is -0.337 e. The molecule has 2 aromatic carbocycles. The summed E-state index contributed by atoms with van der Waals surface area (Å²) in [7, 11) is 0. The molecular formula is C21H23NOS. The molecule has 0 bridgehead atoms. The lowest BCUT2D eigenvalue weighted by Crippen LogP contribution is -2.37. The number of carbonyl (C=O) groups is 1. The molecule has 3 heteroatoms. The third-order valence-corrected chi connectivity index (χ3v) is 6.51. The van der Waals surface area contributed by atoms with Crippen molar-refractivity contribution < 1.29 is 4.79 Å². The molecule has 1 unspecified atom stereocenters. The number of amides is 1. The molecule has 2 aliphatic rings. The van der Waals surface area contributed by atoms with Gasteiger partial charge in [-0.1, -0.05) is 48.5 Å². The lowest BCUT2D eigenvalue weighted by molar-refractivity contribution is -0.129. The Morgan fingerprint density at radius 2 is 1.75 bits per heavy atom. The summed E-state index contributed by atoms with van der Waals surface area (Å²) in [4.78, 5) is 14.7. The molecule has 1 aliphatic heterocycles. The lowest BCUT2D eigenvalue weighted by atomic mass is 9.91. The van der Waals surface area contributed by atoms with Gasteiger partial charge < -0.3 is 4.90 Å². The van der Waals surface area contributed by atoms with Crippen LogP contribution < -0.4 is 0 Å². The van der Waals surface area contributed by atoms with Crippen molar-refractivity contribution >= 4 is 17.7 Å². The number of rotatable bonds is 3. The maximum absolute atomic E-state index is 12.7. The van der Waals surface area contributed by atoms with E-state index in [4.69, 9.17) is 0 Å². The highest BCUT2D eigenvalue weighted by molar-refractivity contribution is 8.00. The van der Waals surface area contributed by atoms with Crippen LogP contribution in [0.15, 0.2) is 48.5 Å². The Kier molecular flexibility index (Phi) is 4.61. The van der Waals surface area contributed by atoms with Crippen LogP contribution in [0.4, 0.5) is 0 Å². The highest BCUT2D eigenvalue weighted by atomic mass is 32.2. The fraction of sp³-hybridized carbons (Fsp3) is 0.381. The Bertz CT molecular complexity index is 742. The molecule has 2 nitrogen and oxygen atoms in total. The summed E-state index contributed by atoms with van der Waals surface area (Å²) in [6.45, 7) is 1.63. The smallest absolute Gasteiger partial charge is 0.232 e. The van der Waals surface area contributed by atoms with Crippen molar-refractivity contribution in [3.8, 4) is 0 Å². The normalized spacial score (nSPS) is 19.5. The Morgan fingerprint density at radius 1 is 1.00 bits per heavy atom. The fourth-order valence-corrected chi connectivity index (χ4v) is 5.12. The average Bonchev–Trinajstić information content (AvgIpc) is 2.65. The SMILES string of the molecule is O=C(CSC1CCCc2ccccc21)N1CCc2ccccc2C1. The predicted molar refractivity (Wildman–Crippen MR) is 100 cm³/mol. The first-order valence-electron chi connectivity index (χ1n) is 8.85. The van der Waals surface area contributed by atoms with Gasteiger partial charge in [0.15, 0.2) is 0 Å². The maximum Gasteiger partial charge on any atom is 0.232 e. The monoisotopic (exact) mass is 337 g/mol. The van der Waals surface area contributed by atoms with Gasteiger partial charge in [0.25, 0.3) is 0 Å². The van der Waals surface area contributed by atoms with Gasteiger partial charge in [-0.05, 0) is 47.9 Å². The van der Waals surface area contributed by atoms with E-state index in [0.29, 0.717) is 11.0 Å². The highest BCUT2D eigenvalue weighted by Crippen LogP contribution is 2.39. The largest absolute Gasteiger partial charge is 0.337 e. The van der Waals surface area contributed by atoms with Crippen LogP contribution in [-0.4, -0.2) is 23.1 Å². The molecule has 2 aromatic rings. The van der Waals surface area contributed by atoms with Crippen molar-refractivity contribution in [1.29, 1.82) is 0 Å². The van der Waals surface area contributed by atoms with Gasteiger partial charge in [-0.15, -0.1) is 11.8 Å². The van der Waals surface area contributed by atoms with Crippen molar-refractivity contribution in [1.82, 2.24) is 4.90 Å². The zero-order valence-corrected chi connectivity index (χ0v) is 14.7. The molecule has 24 heavy (non-hydrogen) atoms. The van der Waals surface area contributed by atoms with Gasteiger partial charge in [0.05, 0.1) is 5.75 Å². The van der Waals surface area contributed by atoms with Crippen LogP contribution in [-0.2, 0) is 24.2 Å². The maximum atomic E-state index is 12.7. The fourth-order valence-electron chi connectivity index (χ4n) is 3.85. The first kappa shape index (κ1) is 15.8. The molecule has 1 amide bonds. The van der Waals surface area contributed by atoms with Crippen LogP contribution >= 0.6 is 11.8 Å². The number of thioether (sulfide) groups is 1. The molecule has 0 saturated carbocycles. The molecule has 0 aromatic heterocycles. The van der Waals surface area contributed by atoms with Gasteiger partial charge in [-0.25, -0.2) is 0 Å². The van der Waals surface area contributed by atoms with E-state index in [1.807, 2.05) is 16.7 Å². The third-order valence-electron chi connectivity index (χ3n) is 5.21. The molecule has 1 heterocycles. The number of hydrogen-bond donors (Lipinski definition) is 0. The number of fused-ring (bicyclic) bond motifs is 2. The molecule has 1 aliphatic carbocycles. The van der Waals surface area contributed by atoms with Gasteiger partial charge in [-0.3, -0.25) is 4.79 Å². The zero-order valence-electron chi connectivity index (χ0n) is 13.9. The number of nitrogens with zero attached hydrogens (tertiary/aromatic N) is 1. The van der Waals surface area contributed by atoms with Gasteiger partial charge in [0.2, 0.25) is 5.91 Å². The second kappa shape index (κ2) is 7.02. The van der Waals surface area contributed by atoms with E-state index in [-0.39, 0.29) is 5.91 Å². The Morgan fingerprint density at radius 3 is 2.62 bits per heavy atom. The number of benzene rings is 2. The third kappa shape index (κ3) is 3.23. The highest BCUT2D eigenvalue weighted by Gasteiger charge is 2.24. The molecule has 0 saturated heterocycles. The second-order valence-electron chi connectivity index (χ2n) is 6.72. The lowest BCUT2D eigenvalue weighted by Gasteiger charge is -2.30. The van der Waals surface area contributed by atoms with E-state index in [1.165, 1.54) is 41.5 Å². The Labute approximate surface area is 148 Å². The summed E-state index contributed by atoms with van der Waals surface area (Å²) >= 11 is 1.83. The number of aryl methyl sites for hydroxylation is 1. The molecule has 0 spiro atoms. The van der Waals surface area contributed by atoms with E-state index in [9.17, 15) is 4.79 Å². The summed E-state index contributed by atoms with van der Waals surface area (Å²) in [5.41, 5.74) is 5.63. The number of carbonyl (C=O) groups excluding carboxylic acids is 1. The van der Waals surface area contributed by atoms with Crippen molar-refractivity contribution in [2.45, 2.75) is 37.5 Å². The van der Waals surface area contributed by atoms with Crippen molar-refractivity contribution in [2.75, 3.05) is 12.3 Å². The standard InChI is InChI=1S/C21H23NOS/c23-21(22-13-12-16-6-1-2-8-18(16)14-22)15-24-20-11-5-9-17-7-3-4-10-19(17)20/h1-4,6-8,10,20H,5,9,11-15H2. The topological polar surface area (TPSA) is 20.3 Å². The van der Waals surface area contributed by atoms with Gasteiger partial charge in [0, 0.05) is 18.3 Å². The first-order valence-corrected chi connectivity index (χ1v) is 9.90. The number of hydrogen-bond acceptors (Lipinski definition) is 2. The molecule has 0 radical (unpaired) electrons. The summed E-state index contributed by atoms with van der Waals surface area (Å²) in [6.07, 6.45) is 4.60. The quantitative estimate of drug-likeness (QED) is 0.828. The van der Waals surface area contributed by atoms with Crippen molar-refractivity contribution in [3.05, 3.63) is 70.8 Å². The molecular weight excluding hydrogens is 314 g/mol. The predicted octanol–water partition coefficient (Wildman–Crippen LogP) is 4.38. The van der Waals surface area contributed by atoms with E-state index < -0.39 is 0 Å². The molecule has 0 N–H and O–H groups in total. The summed E-state index contributed by atoms with van der Waals surface area (Å²) in [5.74, 6) is 0.888. The minimum absolute atomic E-state index is 0.289. The van der Waals surface area contributed by atoms with E-state index in [2.05, 4.69) is 48.5 Å². The molecule has 0 fully saturated rings. The molecule has 1 atom stereocenters. The summed E-state index contributed by atoms with van der Waals surface area (Å²) < 4.78 is 0. The van der Waals surface area contributed by atoms with E-state index >= 15 is 0 Å². The zero-order chi connectivity index (χ0) is 16.4. The summed E-state index contributed by atoms with van der Waals surface area (Å²) in [5, 5.41) is 0.482. The van der Waals surface area contributed by atoms with Crippen molar-refractivity contribution in [3.63, 3.8) is 0 Å². The van der Waals surface area contributed by atoms with Gasteiger partial charge >= 0.3 is 0 Å². The van der Waals surface area contributed by atoms with Crippen LogP contribution in [0.1, 0.15) is 40.3 Å².